The molecule has 0 unspecified atom stereocenters. The molecule has 0 atom stereocenters. The van der Waals surface area contributed by atoms with Gasteiger partial charge in [0.2, 0.25) is 5.91 Å². The summed E-state index contributed by atoms with van der Waals surface area (Å²) in [5.74, 6) is -0.338. The van der Waals surface area contributed by atoms with E-state index in [1.807, 2.05) is 32.0 Å². The van der Waals surface area contributed by atoms with Crippen LogP contribution in [-0.4, -0.2) is 27.8 Å². The lowest BCUT2D eigenvalue weighted by atomic mass is 10.1. The van der Waals surface area contributed by atoms with Gasteiger partial charge in [0.15, 0.2) is 0 Å². The summed E-state index contributed by atoms with van der Waals surface area (Å²) in [5.41, 5.74) is 2.30. The van der Waals surface area contributed by atoms with Crippen LogP contribution in [0, 0.1) is 13.8 Å². The van der Waals surface area contributed by atoms with Crippen LogP contribution in [-0.2, 0) is 11.3 Å². The Morgan fingerprint density at radius 1 is 1.08 bits per heavy atom. The van der Waals surface area contributed by atoms with Gasteiger partial charge in [-0.25, -0.2) is 0 Å². The topological polar surface area (TPSA) is 99.0 Å². The summed E-state index contributed by atoms with van der Waals surface area (Å²) in [6.07, 6.45) is 0.146. The highest BCUT2D eigenvalue weighted by molar-refractivity contribution is 5.76. The molecule has 6 nitrogen and oxygen atoms in total. The zero-order valence-electron chi connectivity index (χ0n) is 13.7. The maximum absolute atomic E-state index is 11.8. The summed E-state index contributed by atoms with van der Waals surface area (Å²) in [5, 5.41) is 31.2. The minimum absolute atomic E-state index is 0.0413. The third kappa shape index (κ3) is 4.55. The summed E-state index contributed by atoms with van der Waals surface area (Å²) < 4.78 is 5.59. The van der Waals surface area contributed by atoms with E-state index in [1.54, 1.807) is 0 Å². The minimum atomic E-state index is -0.278. The number of aryl methyl sites for hydroxylation is 2. The van der Waals surface area contributed by atoms with Crippen molar-refractivity contribution in [2.45, 2.75) is 26.8 Å². The van der Waals surface area contributed by atoms with Crippen molar-refractivity contribution in [1.82, 2.24) is 5.32 Å². The van der Waals surface area contributed by atoms with Crippen LogP contribution in [0.5, 0.6) is 23.0 Å². The van der Waals surface area contributed by atoms with E-state index in [9.17, 15) is 20.1 Å². The lowest BCUT2D eigenvalue weighted by molar-refractivity contribution is -0.121. The van der Waals surface area contributed by atoms with Gasteiger partial charge in [0.25, 0.3) is 0 Å². The van der Waals surface area contributed by atoms with Gasteiger partial charge < -0.3 is 25.4 Å². The van der Waals surface area contributed by atoms with Gasteiger partial charge in [-0.05, 0) is 25.5 Å². The van der Waals surface area contributed by atoms with Crippen molar-refractivity contribution in [2.24, 2.45) is 0 Å². The SMILES string of the molecule is Cc1ccc(OCCC(=O)NCc2c(O)cc(O)cc2O)c(C)c1. The van der Waals surface area contributed by atoms with Crippen molar-refractivity contribution in [3.8, 4) is 23.0 Å². The Balaban J connectivity index is 1.82. The van der Waals surface area contributed by atoms with Crippen LogP contribution in [0.2, 0.25) is 0 Å². The van der Waals surface area contributed by atoms with Crippen molar-refractivity contribution in [3.63, 3.8) is 0 Å². The average molecular weight is 331 g/mol. The number of rotatable bonds is 6. The monoisotopic (exact) mass is 331 g/mol. The molecule has 6 heteroatoms. The fourth-order valence-electron chi connectivity index (χ4n) is 2.30. The number of ether oxygens (including phenoxy) is 1. The minimum Gasteiger partial charge on any atom is -0.508 e. The Bertz CT molecular complexity index is 719. The van der Waals surface area contributed by atoms with Crippen LogP contribution in [0.15, 0.2) is 30.3 Å². The van der Waals surface area contributed by atoms with E-state index in [0.717, 1.165) is 29.0 Å². The largest absolute Gasteiger partial charge is 0.508 e. The van der Waals surface area contributed by atoms with Gasteiger partial charge in [-0.3, -0.25) is 4.79 Å². The van der Waals surface area contributed by atoms with Gasteiger partial charge in [0, 0.05) is 12.1 Å². The number of phenolic OH excluding ortho intramolecular Hbond substituents is 3. The molecule has 0 spiro atoms. The van der Waals surface area contributed by atoms with Crippen molar-refractivity contribution >= 4 is 5.91 Å². The van der Waals surface area contributed by atoms with Crippen molar-refractivity contribution < 1.29 is 24.9 Å². The number of hydrogen-bond acceptors (Lipinski definition) is 5. The van der Waals surface area contributed by atoms with Crippen LogP contribution in [0.25, 0.3) is 0 Å². The Hall–Kier alpha value is -2.89. The molecule has 1 amide bonds. The van der Waals surface area contributed by atoms with Crippen molar-refractivity contribution in [2.75, 3.05) is 6.61 Å². The molecule has 24 heavy (non-hydrogen) atoms. The van der Waals surface area contributed by atoms with E-state index in [2.05, 4.69) is 5.32 Å². The first-order valence-corrected chi connectivity index (χ1v) is 7.57. The van der Waals surface area contributed by atoms with Gasteiger partial charge in [0.1, 0.15) is 23.0 Å². The summed E-state index contributed by atoms with van der Waals surface area (Å²) in [7, 11) is 0. The van der Waals surface area contributed by atoms with Crippen LogP contribution >= 0.6 is 0 Å². The molecule has 0 heterocycles. The second-order valence-electron chi connectivity index (χ2n) is 5.61. The molecule has 2 aromatic carbocycles. The third-order valence-electron chi connectivity index (χ3n) is 3.57. The quantitative estimate of drug-likeness (QED) is 0.652. The number of carbonyl (C=O) groups is 1. The first-order chi connectivity index (χ1) is 11.4. The number of aromatic hydroxyl groups is 3. The molecular formula is C18H21NO5. The highest BCUT2D eigenvalue weighted by Gasteiger charge is 2.11. The van der Waals surface area contributed by atoms with E-state index >= 15 is 0 Å². The smallest absolute Gasteiger partial charge is 0.223 e. The molecule has 0 aromatic heterocycles. The maximum atomic E-state index is 11.8. The summed E-state index contributed by atoms with van der Waals surface area (Å²) in [6, 6.07) is 8.02. The van der Waals surface area contributed by atoms with E-state index in [4.69, 9.17) is 4.74 Å². The molecule has 0 saturated carbocycles. The predicted molar refractivity (Wildman–Crippen MR) is 89.3 cm³/mol. The summed E-state index contributed by atoms with van der Waals surface area (Å²) in [4.78, 5) is 11.8. The summed E-state index contributed by atoms with van der Waals surface area (Å²) >= 11 is 0. The van der Waals surface area contributed by atoms with Crippen LogP contribution < -0.4 is 10.1 Å². The second-order valence-corrected chi connectivity index (χ2v) is 5.61. The van der Waals surface area contributed by atoms with Gasteiger partial charge in [0.05, 0.1) is 25.1 Å². The normalized spacial score (nSPS) is 10.4. The van der Waals surface area contributed by atoms with Crippen LogP contribution in [0.4, 0.5) is 0 Å². The van der Waals surface area contributed by atoms with E-state index < -0.39 is 0 Å². The van der Waals surface area contributed by atoms with Gasteiger partial charge in [-0.1, -0.05) is 17.7 Å². The maximum Gasteiger partial charge on any atom is 0.223 e. The first kappa shape index (κ1) is 17.5. The Morgan fingerprint density at radius 3 is 2.38 bits per heavy atom. The number of hydrogen-bond donors (Lipinski definition) is 4. The lowest BCUT2D eigenvalue weighted by Crippen LogP contribution is -2.24. The highest BCUT2D eigenvalue weighted by atomic mass is 16.5. The number of nitrogens with one attached hydrogen (secondary N) is 1. The molecule has 0 aliphatic heterocycles. The zero-order chi connectivity index (χ0) is 17.7. The van der Waals surface area contributed by atoms with Crippen molar-refractivity contribution in [3.05, 3.63) is 47.0 Å². The molecule has 0 aliphatic rings. The molecule has 0 bridgehead atoms. The van der Waals surface area contributed by atoms with E-state index in [-0.39, 0.29) is 48.3 Å². The van der Waals surface area contributed by atoms with Crippen LogP contribution in [0.3, 0.4) is 0 Å². The van der Waals surface area contributed by atoms with Crippen molar-refractivity contribution in [1.29, 1.82) is 0 Å². The first-order valence-electron chi connectivity index (χ1n) is 7.57. The number of amides is 1. The molecule has 0 fully saturated rings. The molecule has 2 rings (SSSR count). The fourth-order valence-corrected chi connectivity index (χ4v) is 2.30. The van der Waals surface area contributed by atoms with Gasteiger partial charge in [-0.15, -0.1) is 0 Å². The van der Waals surface area contributed by atoms with Crippen LogP contribution in [0.1, 0.15) is 23.1 Å². The van der Waals surface area contributed by atoms with Gasteiger partial charge >= 0.3 is 0 Å². The molecular weight excluding hydrogens is 310 g/mol. The Morgan fingerprint density at radius 2 is 1.75 bits per heavy atom. The third-order valence-corrected chi connectivity index (χ3v) is 3.57. The molecule has 0 saturated heterocycles. The van der Waals surface area contributed by atoms with E-state index in [0.29, 0.717) is 0 Å². The van der Waals surface area contributed by atoms with E-state index in [1.165, 1.54) is 0 Å². The molecule has 4 N–H and O–H groups in total. The number of phenols is 3. The highest BCUT2D eigenvalue weighted by Crippen LogP contribution is 2.31. The second kappa shape index (κ2) is 7.59. The molecule has 0 aliphatic carbocycles. The average Bonchev–Trinajstić information content (AvgIpc) is 2.48. The standard InChI is InChI=1S/C18H21NO5/c1-11-3-4-17(12(2)7-11)24-6-5-18(23)19-10-14-15(21)8-13(20)9-16(14)22/h3-4,7-9,20-22H,5-6,10H2,1-2H3,(H,19,23). The Kier molecular flexibility index (Phi) is 5.52. The summed E-state index contributed by atoms with van der Waals surface area (Å²) in [6.45, 7) is 4.13. The fraction of sp³-hybridized carbons (Fsp3) is 0.278. The zero-order valence-corrected chi connectivity index (χ0v) is 13.7. The molecule has 2 aromatic rings. The predicted octanol–water partition coefficient (Wildman–Crippen LogP) is 2.51. The lowest BCUT2D eigenvalue weighted by Gasteiger charge is -2.11. The number of benzene rings is 2. The number of carbonyl (C=O) groups excluding carboxylic acids is 1. The molecule has 0 radical (unpaired) electrons. The van der Waals surface area contributed by atoms with Gasteiger partial charge in [-0.2, -0.15) is 0 Å². The molecule has 128 valence electrons. The Labute approximate surface area is 140 Å².